The van der Waals surface area contributed by atoms with Crippen LogP contribution in [0.5, 0.6) is 0 Å². The maximum absolute atomic E-state index is 12.3. The zero-order valence-electron chi connectivity index (χ0n) is 7.72. The molecule has 0 saturated heterocycles. The van der Waals surface area contributed by atoms with Crippen molar-refractivity contribution in [2.45, 2.75) is 6.18 Å². The van der Waals surface area contributed by atoms with E-state index in [4.69, 9.17) is 0 Å². The van der Waals surface area contributed by atoms with Gasteiger partial charge in [-0.1, -0.05) is 0 Å². The Kier molecular flexibility index (Phi) is 2.30. The van der Waals surface area contributed by atoms with Gasteiger partial charge in [-0.15, -0.1) is 11.3 Å². The van der Waals surface area contributed by atoms with Crippen LogP contribution in [0.2, 0.25) is 0 Å². The molecule has 80 valence electrons. The van der Waals surface area contributed by atoms with Crippen LogP contribution in [0.3, 0.4) is 0 Å². The lowest BCUT2D eigenvalue weighted by atomic mass is 10.3. The Morgan fingerprint density at radius 1 is 1.33 bits per heavy atom. The van der Waals surface area contributed by atoms with Crippen LogP contribution in [-0.4, -0.2) is 12.0 Å². The van der Waals surface area contributed by atoms with E-state index in [1.807, 2.05) is 0 Å². The van der Waals surface area contributed by atoms with Gasteiger partial charge in [-0.25, -0.2) is 4.98 Å². The summed E-state index contributed by atoms with van der Waals surface area (Å²) in [6, 6.07) is 4.95. The van der Waals surface area contributed by atoms with Gasteiger partial charge < -0.3 is 5.32 Å². The van der Waals surface area contributed by atoms with Crippen molar-refractivity contribution >= 4 is 27.2 Å². The first-order chi connectivity index (χ1) is 7.00. The summed E-state index contributed by atoms with van der Waals surface area (Å²) in [7, 11) is 1.71. The zero-order valence-corrected chi connectivity index (χ0v) is 8.54. The number of hydrogen-bond donors (Lipinski definition) is 1. The molecule has 0 radical (unpaired) electrons. The number of hydrogen-bond acceptors (Lipinski definition) is 3. The van der Waals surface area contributed by atoms with E-state index in [0.29, 0.717) is 21.6 Å². The van der Waals surface area contributed by atoms with Gasteiger partial charge in [0.15, 0.2) is 5.01 Å². The zero-order chi connectivity index (χ0) is 11.1. The molecule has 0 aliphatic heterocycles. The highest BCUT2D eigenvalue weighted by atomic mass is 32.1. The maximum atomic E-state index is 12.3. The minimum absolute atomic E-state index is 0.374. The van der Waals surface area contributed by atoms with Crippen molar-refractivity contribution in [2.24, 2.45) is 0 Å². The highest BCUT2D eigenvalue weighted by molar-refractivity contribution is 7.18. The maximum Gasteiger partial charge on any atom is 0.443 e. The molecule has 0 aliphatic rings. The molecule has 0 atom stereocenters. The van der Waals surface area contributed by atoms with E-state index in [9.17, 15) is 13.2 Å². The molecule has 1 N–H and O–H groups in total. The molecule has 1 aromatic heterocycles. The number of nitrogens with zero attached hydrogens (tertiary/aromatic N) is 1. The third kappa shape index (κ3) is 1.90. The van der Waals surface area contributed by atoms with Crippen LogP contribution in [0, 0.1) is 0 Å². The molecular weight excluding hydrogens is 225 g/mol. The van der Waals surface area contributed by atoms with Crippen LogP contribution in [-0.2, 0) is 6.18 Å². The Morgan fingerprint density at radius 3 is 2.67 bits per heavy atom. The van der Waals surface area contributed by atoms with Crippen molar-refractivity contribution in [3.8, 4) is 0 Å². The number of thiazole rings is 1. The Hall–Kier alpha value is -1.30. The quantitative estimate of drug-likeness (QED) is 0.815. The fourth-order valence-corrected chi connectivity index (χ4v) is 2.02. The summed E-state index contributed by atoms with van der Waals surface area (Å²) >= 11 is 0.660. The summed E-state index contributed by atoms with van der Waals surface area (Å²) in [6.07, 6.45) is -4.36. The van der Waals surface area contributed by atoms with Gasteiger partial charge in [0, 0.05) is 12.7 Å². The molecule has 0 unspecified atom stereocenters. The van der Waals surface area contributed by atoms with Gasteiger partial charge in [0.2, 0.25) is 0 Å². The highest BCUT2D eigenvalue weighted by Gasteiger charge is 2.34. The minimum Gasteiger partial charge on any atom is -0.388 e. The van der Waals surface area contributed by atoms with E-state index in [1.54, 1.807) is 25.2 Å². The first-order valence-corrected chi connectivity index (χ1v) is 4.98. The molecule has 0 saturated carbocycles. The monoisotopic (exact) mass is 232 g/mol. The van der Waals surface area contributed by atoms with Gasteiger partial charge in [-0.3, -0.25) is 0 Å². The first kappa shape index (κ1) is 10.2. The Balaban J connectivity index is 2.56. The van der Waals surface area contributed by atoms with Crippen LogP contribution in [0.4, 0.5) is 18.9 Å². The van der Waals surface area contributed by atoms with Crippen molar-refractivity contribution in [1.82, 2.24) is 4.98 Å². The predicted octanol–water partition coefficient (Wildman–Crippen LogP) is 3.36. The smallest absolute Gasteiger partial charge is 0.388 e. The number of nitrogens with one attached hydrogen (secondary N) is 1. The van der Waals surface area contributed by atoms with E-state index in [0.717, 1.165) is 5.69 Å². The van der Waals surface area contributed by atoms with Crippen molar-refractivity contribution < 1.29 is 13.2 Å². The van der Waals surface area contributed by atoms with E-state index in [-0.39, 0.29) is 0 Å². The molecule has 1 heterocycles. The summed E-state index contributed by atoms with van der Waals surface area (Å²) in [4.78, 5) is 3.55. The molecule has 15 heavy (non-hydrogen) atoms. The third-order valence-corrected chi connectivity index (χ3v) is 3.00. The van der Waals surface area contributed by atoms with Gasteiger partial charge in [-0.05, 0) is 18.2 Å². The van der Waals surface area contributed by atoms with Crippen LogP contribution in [0.25, 0.3) is 10.2 Å². The molecule has 2 rings (SSSR count). The molecule has 2 aromatic rings. The third-order valence-electron chi connectivity index (χ3n) is 1.92. The Morgan fingerprint density at radius 2 is 2.07 bits per heavy atom. The van der Waals surface area contributed by atoms with Gasteiger partial charge >= 0.3 is 6.18 Å². The molecule has 0 bridgehead atoms. The second-order valence-corrected chi connectivity index (χ2v) is 3.98. The second-order valence-electron chi connectivity index (χ2n) is 2.95. The Labute approximate surface area is 87.7 Å². The molecule has 6 heteroatoms. The molecule has 0 aliphatic carbocycles. The van der Waals surface area contributed by atoms with Crippen molar-refractivity contribution in [3.63, 3.8) is 0 Å². The molecule has 0 amide bonds. The van der Waals surface area contributed by atoms with Crippen molar-refractivity contribution in [2.75, 3.05) is 12.4 Å². The predicted molar refractivity (Wildman–Crippen MR) is 54.2 cm³/mol. The number of benzene rings is 1. The van der Waals surface area contributed by atoms with Crippen LogP contribution in [0.15, 0.2) is 18.2 Å². The summed E-state index contributed by atoms with van der Waals surface area (Å²) in [5.74, 6) is 0. The molecule has 0 fully saturated rings. The molecular formula is C9H7F3N2S. The van der Waals surface area contributed by atoms with Crippen LogP contribution in [0.1, 0.15) is 5.01 Å². The van der Waals surface area contributed by atoms with Crippen molar-refractivity contribution in [3.05, 3.63) is 23.2 Å². The average Bonchev–Trinajstić information content (AvgIpc) is 2.59. The fraction of sp³-hybridized carbons (Fsp3) is 0.222. The van der Waals surface area contributed by atoms with E-state index >= 15 is 0 Å². The van der Waals surface area contributed by atoms with E-state index < -0.39 is 11.2 Å². The number of halogens is 3. The van der Waals surface area contributed by atoms with Crippen molar-refractivity contribution in [1.29, 1.82) is 0 Å². The topological polar surface area (TPSA) is 24.9 Å². The lowest BCUT2D eigenvalue weighted by molar-refractivity contribution is -0.137. The Bertz CT molecular complexity index is 490. The fourth-order valence-electron chi connectivity index (χ4n) is 1.20. The van der Waals surface area contributed by atoms with E-state index in [1.165, 1.54) is 0 Å². The summed E-state index contributed by atoms with van der Waals surface area (Å²) < 4.78 is 37.6. The lowest BCUT2D eigenvalue weighted by Gasteiger charge is -1.98. The summed E-state index contributed by atoms with van der Waals surface area (Å²) in [5.41, 5.74) is 1.13. The van der Waals surface area contributed by atoms with Crippen LogP contribution < -0.4 is 5.32 Å². The molecule has 0 spiro atoms. The summed E-state index contributed by atoms with van der Waals surface area (Å²) in [6.45, 7) is 0. The standard InChI is InChI=1S/C9H7F3N2S/c1-13-5-2-3-7-6(4-5)14-8(15-7)9(10,11)12/h2-4,13H,1H3. The van der Waals surface area contributed by atoms with E-state index in [2.05, 4.69) is 10.3 Å². The molecule has 2 nitrogen and oxygen atoms in total. The summed E-state index contributed by atoms with van der Waals surface area (Å²) in [5, 5.41) is 2.05. The number of anilines is 1. The van der Waals surface area contributed by atoms with Gasteiger partial charge in [-0.2, -0.15) is 13.2 Å². The SMILES string of the molecule is CNc1ccc2sc(C(F)(F)F)nc2c1. The normalized spacial score (nSPS) is 12.0. The minimum atomic E-state index is -4.36. The lowest BCUT2D eigenvalue weighted by Crippen LogP contribution is -2.03. The van der Waals surface area contributed by atoms with Crippen LogP contribution >= 0.6 is 11.3 Å². The number of rotatable bonds is 1. The van der Waals surface area contributed by atoms with Gasteiger partial charge in [0.1, 0.15) is 0 Å². The number of alkyl halides is 3. The largest absolute Gasteiger partial charge is 0.443 e. The molecule has 1 aromatic carbocycles. The first-order valence-electron chi connectivity index (χ1n) is 4.16. The number of aromatic nitrogens is 1. The average molecular weight is 232 g/mol. The highest BCUT2D eigenvalue weighted by Crippen LogP contribution is 2.35. The van der Waals surface area contributed by atoms with Gasteiger partial charge in [0.25, 0.3) is 0 Å². The second kappa shape index (κ2) is 3.37. The number of fused-ring (bicyclic) bond motifs is 1. The van der Waals surface area contributed by atoms with Gasteiger partial charge in [0.05, 0.1) is 10.2 Å².